The highest BCUT2D eigenvalue weighted by Crippen LogP contribution is 2.29. The number of thioether (sulfide) groups is 1. The normalized spacial score (nSPS) is 14.2. The summed E-state index contributed by atoms with van der Waals surface area (Å²) in [4.78, 5) is 1.37. The Morgan fingerprint density at radius 1 is 1.00 bits per heavy atom. The first-order valence-corrected chi connectivity index (χ1v) is 9.10. The molecule has 0 aromatic heterocycles. The Labute approximate surface area is 136 Å². The molecule has 0 fully saturated rings. The van der Waals surface area contributed by atoms with Crippen molar-refractivity contribution in [1.82, 2.24) is 5.32 Å². The predicted octanol–water partition coefficient (Wildman–Crippen LogP) is 5.49. The molecule has 0 amide bonds. The van der Waals surface area contributed by atoms with Crippen LogP contribution in [0.2, 0.25) is 0 Å². The molecule has 0 spiro atoms. The number of benzene rings is 1. The van der Waals surface area contributed by atoms with Crippen molar-refractivity contribution in [1.29, 1.82) is 0 Å². The second-order valence-electron chi connectivity index (χ2n) is 7.96. The highest BCUT2D eigenvalue weighted by atomic mass is 32.2. The highest BCUT2D eigenvalue weighted by Gasteiger charge is 2.23. The van der Waals surface area contributed by atoms with Crippen LogP contribution < -0.4 is 5.32 Å². The number of rotatable bonds is 6. The Kier molecular flexibility index (Phi) is 6.80. The van der Waals surface area contributed by atoms with Gasteiger partial charge in [-0.05, 0) is 41.5 Å². The van der Waals surface area contributed by atoms with Crippen LogP contribution in [0.25, 0.3) is 0 Å². The monoisotopic (exact) mass is 307 g/mol. The minimum atomic E-state index is 0.236. The molecular formula is C19H33NS. The van der Waals surface area contributed by atoms with E-state index in [1.54, 1.807) is 0 Å². The molecule has 1 N–H and O–H groups in total. The molecule has 0 bridgehead atoms. The Hall–Kier alpha value is -0.470. The summed E-state index contributed by atoms with van der Waals surface area (Å²) in [5.41, 5.74) is 1.94. The van der Waals surface area contributed by atoms with Crippen LogP contribution in [0.1, 0.15) is 60.5 Å². The average Bonchev–Trinajstić information content (AvgIpc) is 2.36. The van der Waals surface area contributed by atoms with Crippen LogP contribution in [0, 0.1) is 5.41 Å². The third-order valence-corrected chi connectivity index (χ3v) is 4.93. The Morgan fingerprint density at radius 3 is 2.00 bits per heavy atom. The summed E-state index contributed by atoms with van der Waals surface area (Å²) < 4.78 is 0. The zero-order valence-electron chi connectivity index (χ0n) is 14.9. The summed E-state index contributed by atoms with van der Waals surface area (Å²) in [5, 5.41) is 3.69. The van der Waals surface area contributed by atoms with E-state index in [4.69, 9.17) is 0 Å². The van der Waals surface area contributed by atoms with E-state index in [0.29, 0.717) is 11.5 Å². The van der Waals surface area contributed by atoms with Crippen LogP contribution in [-0.4, -0.2) is 18.3 Å². The van der Waals surface area contributed by atoms with Crippen molar-refractivity contribution in [2.24, 2.45) is 5.41 Å². The van der Waals surface area contributed by atoms with Crippen LogP contribution in [0.5, 0.6) is 0 Å². The molecular weight excluding hydrogens is 274 g/mol. The predicted molar refractivity (Wildman–Crippen MR) is 97.4 cm³/mol. The fourth-order valence-electron chi connectivity index (χ4n) is 2.16. The van der Waals surface area contributed by atoms with Gasteiger partial charge in [-0.2, -0.15) is 0 Å². The van der Waals surface area contributed by atoms with E-state index < -0.39 is 0 Å². The minimum Gasteiger partial charge on any atom is -0.313 e. The van der Waals surface area contributed by atoms with Crippen LogP contribution in [0.4, 0.5) is 0 Å². The molecule has 120 valence electrons. The minimum absolute atomic E-state index is 0.236. The average molecular weight is 308 g/mol. The van der Waals surface area contributed by atoms with Crippen molar-refractivity contribution in [2.45, 2.75) is 71.2 Å². The van der Waals surface area contributed by atoms with Crippen molar-refractivity contribution in [3.05, 3.63) is 29.8 Å². The molecule has 1 aromatic rings. The number of hydrogen-bond acceptors (Lipinski definition) is 2. The first-order chi connectivity index (χ1) is 9.64. The molecule has 0 heterocycles. The SMILES string of the molecule is CCCNC(CSc1ccc(C(C)(C)C)cc1)C(C)(C)C. The third kappa shape index (κ3) is 6.44. The van der Waals surface area contributed by atoms with Crippen molar-refractivity contribution in [3.8, 4) is 0 Å². The van der Waals surface area contributed by atoms with E-state index in [2.05, 4.69) is 78.0 Å². The molecule has 1 unspecified atom stereocenters. The summed E-state index contributed by atoms with van der Waals surface area (Å²) >= 11 is 1.96. The zero-order chi connectivity index (χ0) is 16.1. The molecule has 0 saturated carbocycles. The summed E-state index contributed by atoms with van der Waals surface area (Å²) in [7, 11) is 0. The lowest BCUT2D eigenvalue weighted by Gasteiger charge is -2.31. The van der Waals surface area contributed by atoms with Gasteiger partial charge in [0.05, 0.1) is 0 Å². The van der Waals surface area contributed by atoms with Crippen molar-refractivity contribution in [3.63, 3.8) is 0 Å². The maximum Gasteiger partial charge on any atom is 0.0210 e. The van der Waals surface area contributed by atoms with Gasteiger partial charge < -0.3 is 5.32 Å². The third-order valence-electron chi connectivity index (χ3n) is 3.82. The van der Waals surface area contributed by atoms with E-state index in [9.17, 15) is 0 Å². The van der Waals surface area contributed by atoms with Gasteiger partial charge in [0.25, 0.3) is 0 Å². The molecule has 0 radical (unpaired) electrons. The molecule has 2 heteroatoms. The lowest BCUT2D eigenvalue weighted by molar-refractivity contribution is 0.292. The Morgan fingerprint density at radius 2 is 1.57 bits per heavy atom. The Bertz CT molecular complexity index is 409. The Balaban J connectivity index is 2.63. The standard InChI is InChI=1S/C19H33NS/c1-8-13-20-17(19(5,6)7)14-21-16-11-9-15(10-12-16)18(2,3)4/h9-12,17,20H,8,13-14H2,1-7H3. The smallest absolute Gasteiger partial charge is 0.0210 e. The molecule has 0 aliphatic heterocycles. The summed E-state index contributed by atoms with van der Waals surface area (Å²) in [6, 6.07) is 9.63. The molecule has 0 saturated heterocycles. The van der Waals surface area contributed by atoms with Crippen molar-refractivity contribution < 1.29 is 0 Å². The quantitative estimate of drug-likeness (QED) is 0.697. The molecule has 1 atom stereocenters. The van der Waals surface area contributed by atoms with Crippen LogP contribution >= 0.6 is 11.8 Å². The first kappa shape index (κ1) is 18.6. The molecule has 0 aliphatic carbocycles. The fourth-order valence-corrected chi connectivity index (χ4v) is 3.47. The van der Waals surface area contributed by atoms with E-state index in [0.717, 1.165) is 12.3 Å². The van der Waals surface area contributed by atoms with Crippen molar-refractivity contribution in [2.75, 3.05) is 12.3 Å². The fraction of sp³-hybridized carbons (Fsp3) is 0.684. The van der Waals surface area contributed by atoms with E-state index in [-0.39, 0.29) is 5.41 Å². The van der Waals surface area contributed by atoms with Gasteiger partial charge in [0, 0.05) is 16.7 Å². The molecule has 1 aromatic carbocycles. The van der Waals surface area contributed by atoms with E-state index in [1.807, 2.05) is 11.8 Å². The van der Waals surface area contributed by atoms with Crippen LogP contribution in [-0.2, 0) is 5.41 Å². The highest BCUT2D eigenvalue weighted by molar-refractivity contribution is 7.99. The van der Waals surface area contributed by atoms with Crippen molar-refractivity contribution >= 4 is 11.8 Å². The van der Waals surface area contributed by atoms with Crippen LogP contribution in [0.3, 0.4) is 0 Å². The van der Waals surface area contributed by atoms with Gasteiger partial charge in [-0.3, -0.25) is 0 Å². The van der Waals surface area contributed by atoms with Gasteiger partial charge in [0.1, 0.15) is 0 Å². The lowest BCUT2D eigenvalue weighted by Crippen LogP contribution is -2.42. The van der Waals surface area contributed by atoms with E-state index in [1.165, 1.54) is 16.9 Å². The maximum atomic E-state index is 3.69. The number of hydrogen-bond donors (Lipinski definition) is 1. The number of nitrogens with one attached hydrogen (secondary N) is 1. The summed E-state index contributed by atoms with van der Waals surface area (Å²) in [5.74, 6) is 1.12. The summed E-state index contributed by atoms with van der Waals surface area (Å²) in [6.45, 7) is 17.1. The second-order valence-corrected chi connectivity index (χ2v) is 9.05. The van der Waals surface area contributed by atoms with Crippen LogP contribution in [0.15, 0.2) is 29.2 Å². The maximum absolute atomic E-state index is 3.69. The van der Waals surface area contributed by atoms with Gasteiger partial charge in [-0.1, -0.05) is 60.6 Å². The summed E-state index contributed by atoms with van der Waals surface area (Å²) in [6.07, 6.45) is 1.19. The largest absolute Gasteiger partial charge is 0.313 e. The molecule has 1 nitrogen and oxygen atoms in total. The van der Waals surface area contributed by atoms with Gasteiger partial charge in [0.15, 0.2) is 0 Å². The molecule has 1 rings (SSSR count). The van der Waals surface area contributed by atoms with Gasteiger partial charge in [-0.15, -0.1) is 11.8 Å². The topological polar surface area (TPSA) is 12.0 Å². The first-order valence-electron chi connectivity index (χ1n) is 8.11. The van der Waals surface area contributed by atoms with Gasteiger partial charge in [-0.25, -0.2) is 0 Å². The van der Waals surface area contributed by atoms with Gasteiger partial charge >= 0.3 is 0 Å². The second kappa shape index (κ2) is 7.69. The zero-order valence-corrected chi connectivity index (χ0v) is 15.7. The lowest BCUT2D eigenvalue weighted by atomic mass is 9.87. The van der Waals surface area contributed by atoms with E-state index >= 15 is 0 Å². The van der Waals surface area contributed by atoms with Gasteiger partial charge in [0.2, 0.25) is 0 Å². The molecule has 21 heavy (non-hydrogen) atoms. The molecule has 0 aliphatic rings.